The Kier molecular flexibility index (Phi) is 2.27. The molecule has 0 saturated heterocycles. The molecule has 0 atom stereocenters. The van der Waals surface area contributed by atoms with Crippen LogP contribution in [0.25, 0.3) is 0 Å². The SMILES string of the molecule is COC(=O)Nc1ncc(N)s1. The molecule has 5 nitrogen and oxygen atoms in total. The van der Waals surface area contributed by atoms with Gasteiger partial charge in [-0.2, -0.15) is 0 Å². The van der Waals surface area contributed by atoms with Gasteiger partial charge in [0.1, 0.15) is 5.00 Å². The molecule has 0 aromatic carbocycles. The maximum atomic E-state index is 10.6. The van der Waals surface area contributed by atoms with E-state index in [-0.39, 0.29) is 0 Å². The molecule has 0 unspecified atom stereocenters. The number of nitrogens with two attached hydrogens (primary N) is 1. The van der Waals surface area contributed by atoms with E-state index in [0.717, 1.165) is 0 Å². The highest BCUT2D eigenvalue weighted by atomic mass is 32.1. The molecule has 3 N–H and O–H groups in total. The normalized spacial score (nSPS) is 9.18. The van der Waals surface area contributed by atoms with Crippen LogP contribution in [0.15, 0.2) is 6.20 Å². The molecule has 0 saturated carbocycles. The van der Waals surface area contributed by atoms with Crippen LogP contribution in [0.2, 0.25) is 0 Å². The van der Waals surface area contributed by atoms with Crippen LogP contribution < -0.4 is 11.1 Å². The molecule has 1 heterocycles. The number of carbonyl (C=O) groups excluding carboxylic acids is 1. The van der Waals surface area contributed by atoms with Gasteiger partial charge < -0.3 is 10.5 Å². The van der Waals surface area contributed by atoms with Crippen LogP contribution in [0.1, 0.15) is 0 Å². The molecule has 0 aliphatic carbocycles. The Hall–Kier alpha value is -1.30. The van der Waals surface area contributed by atoms with Gasteiger partial charge in [0.25, 0.3) is 0 Å². The van der Waals surface area contributed by atoms with Gasteiger partial charge in [-0.15, -0.1) is 0 Å². The molecule has 0 aliphatic heterocycles. The first kappa shape index (κ1) is 7.80. The zero-order valence-corrected chi connectivity index (χ0v) is 6.64. The molecular weight excluding hydrogens is 166 g/mol. The standard InChI is InChI=1S/C5H7N3O2S/c1-10-5(9)8-4-7-2-3(6)11-4/h2H,6H2,1H3,(H,7,8,9). The van der Waals surface area contributed by atoms with Crippen molar-refractivity contribution in [3.8, 4) is 0 Å². The number of ether oxygens (including phenoxy) is 1. The highest BCUT2D eigenvalue weighted by Gasteiger charge is 2.02. The maximum Gasteiger partial charge on any atom is 0.413 e. The van der Waals surface area contributed by atoms with E-state index in [4.69, 9.17) is 5.73 Å². The maximum absolute atomic E-state index is 10.6. The summed E-state index contributed by atoms with van der Waals surface area (Å²) < 4.78 is 4.34. The Balaban J connectivity index is 2.57. The summed E-state index contributed by atoms with van der Waals surface area (Å²) in [5.74, 6) is 0. The first-order valence-electron chi connectivity index (χ1n) is 2.78. The van der Waals surface area contributed by atoms with Gasteiger partial charge in [0, 0.05) is 0 Å². The van der Waals surface area contributed by atoms with E-state index in [0.29, 0.717) is 10.1 Å². The third kappa shape index (κ3) is 2.08. The van der Waals surface area contributed by atoms with Crippen LogP contribution in [0, 0.1) is 0 Å². The van der Waals surface area contributed by atoms with E-state index in [9.17, 15) is 4.79 Å². The van der Waals surface area contributed by atoms with Crippen molar-refractivity contribution < 1.29 is 9.53 Å². The number of nitrogens with zero attached hydrogens (tertiary/aromatic N) is 1. The van der Waals surface area contributed by atoms with Crippen molar-refractivity contribution in [1.29, 1.82) is 0 Å². The van der Waals surface area contributed by atoms with E-state index >= 15 is 0 Å². The molecule has 0 spiro atoms. The summed E-state index contributed by atoms with van der Waals surface area (Å²) in [4.78, 5) is 14.4. The third-order valence-electron chi connectivity index (χ3n) is 0.918. The van der Waals surface area contributed by atoms with Crippen LogP contribution in [-0.4, -0.2) is 18.2 Å². The minimum Gasteiger partial charge on any atom is -0.453 e. The predicted octanol–water partition coefficient (Wildman–Crippen LogP) is 0.904. The fourth-order valence-electron chi connectivity index (χ4n) is 0.483. The predicted molar refractivity (Wildman–Crippen MR) is 42.6 cm³/mol. The second kappa shape index (κ2) is 3.20. The summed E-state index contributed by atoms with van der Waals surface area (Å²) >= 11 is 1.19. The van der Waals surface area contributed by atoms with Crippen molar-refractivity contribution in [2.45, 2.75) is 0 Å². The molecule has 0 bridgehead atoms. The lowest BCUT2D eigenvalue weighted by atomic mass is 10.9. The van der Waals surface area contributed by atoms with Crippen LogP contribution in [0.4, 0.5) is 14.9 Å². The van der Waals surface area contributed by atoms with Gasteiger partial charge in [0.2, 0.25) is 0 Å². The number of anilines is 2. The first-order chi connectivity index (χ1) is 5.22. The van der Waals surface area contributed by atoms with Crippen molar-refractivity contribution in [3.05, 3.63) is 6.20 Å². The number of carbonyl (C=O) groups is 1. The van der Waals surface area contributed by atoms with Gasteiger partial charge in [0.15, 0.2) is 5.13 Å². The van der Waals surface area contributed by atoms with Crippen molar-refractivity contribution in [3.63, 3.8) is 0 Å². The van der Waals surface area contributed by atoms with Gasteiger partial charge in [-0.1, -0.05) is 11.3 Å². The lowest BCUT2D eigenvalue weighted by molar-refractivity contribution is 0.187. The van der Waals surface area contributed by atoms with E-state index in [1.165, 1.54) is 24.6 Å². The van der Waals surface area contributed by atoms with Gasteiger partial charge in [0.05, 0.1) is 13.3 Å². The molecule has 0 aliphatic rings. The molecule has 6 heteroatoms. The Morgan fingerprint density at radius 3 is 3.09 bits per heavy atom. The topological polar surface area (TPSA) is 77.2 Å². The number of rotatable bonds is 1. The Morgan fingerprint density at radius 2 is 2.64 bits per heavy atom. The fourth-order valence-corrected chi connectivity index (χ4v) is 1.05. The monoisotopic (exact) mass is 173 g/mol. The van der Waals surface area contributed by atoms with Crippen LogP contribution >= 0.6 is 11.3 Å². The van der Waals surface area contributed by atoms with E-state index in [1.54, 1.807) is 0 Å². The minimum atomic E-state index is -0.542. The molecular formula is C5H7N3O2S. The molecule has 11 heavy (non-hydrogen) atoms. The van der Waals surface area contributed by atoms with Crippen LogP contribution in [-0.2, 0) is 4.74 Å². The summed E-state index contributed by atoms with van der Waals surface area (Å²) in [5.41, 5.74) is 5.36. The second-order valence-corrected chi connectivity index (χ2v) is 2.75. The van der Waals surface area contributed by atoms with Gasteiger partial charge in [-0.05, 0) is 0 Å². The molecule has 1 rings (SSSR count). The summed E-state index contributed by atoms with van der Waals surface area (Å²) in [6.07, 6.45) is 0.926. The first-order valence-corrected chi connectivity index (χ1v) is 3.60. The quantitative estimate of drug-likeness (QED) is 0.661. The lowest BCUT2D eigenvalue weighted by Gasteiger charge is -1.96. The van der Waals surface area contributed by atoms with Crippen LogP contribution in [0.3, 0.4) is 0 Å². The number of methoxy groups -OCH3 is 1. The number of hydrogen-bond donors (Lipinski definition) is 2. The Labute approximate surface area is 67.2 Å². The summed E-state index contributed by atoms with van der Waals surface area (Å²) in [6, 6.07) is 0. The minimum absolute atomic E-state index is 0.439. The molecule has 1 aromatic rings. The number of nitrogens with one attached hydrogen (secondary N) is 1. The van der Waals surface area contributed by atoms with Gasteiger partial charge >= 0.3 is 6.09 Å². The Morgan fingerprint density at radius 1 is 1.91 bits per heavy atom. The van der Waals surface area contributed by atoms with E-state index in [1.807, 2.05) is 0 Å². The van der Waals surface area contributed by atoms with Crippen molar-refractivity contribution in [2.24, 2.45) is 0 Å². The summed E-state index contributed by atoms with van der Waals surface area (Å²) in [7, 11) is 1.28. The molecule has 0 fully saturated rings. The molecule has 1 amide bonds. The van der Waals surface area contributed by atoms with Gasteiger partial charge in [-0.25, -0.2) is 9.78 Å². The van der Waals surface area contributed by atoms with E-state index < -0.39 is 6.09 Å². The number of hydrogen-bond acceptors (Lipinski definition) is 5. The largest absolute Gasteiger partial charge is 0.453 e. The molecule has 1 aromatic heterocycles. The van der Waals surface area contributed by atoms with Crippen LogP contribution in [0.5, 0.6) is 0 Å². The van der Waals surface area contributed by atoms with Gasteiger partial charge in [-0.3, -0.25) is 5.32 Å². The third-order valence-corrected chi connectivity index (χ3v) is 1.66. The summed E-state index contributed by atoms with van der Waals surface area (Å²) in [5, 5.41) is 3.37. The zero-order chi connectivity index (χ0) is 8.27. The molecule has 0 radical (unpaired) electrons. The highest BCUT2D eigenvalue weighted by Crippen LogP contribution is 2.19. The average Bonchev–Trinajstić information content (AvgIpc) is 2.35. The van der Waals surface area contributed by atoms with Crippen molar-refractivity contribution >= 4 is 27.6 Å². The fraction of sp³-hybridized carbons (Fsp3) is 0.200. The number of aromatic nitrogens is 1. The average molecular weight is 173 g/mol. The second-order valence-electron chi connectivity index (χ2n) is 1.68. The van der Waals surface area contributed by atoms with Crippen molar-refractivity contribution in [1.82, 2.24) is 4.98 Å². The smallest absolute Gasteiger partial charge is 0.413 e. The number of amides is 1. The van der Waals surface area contributed by atoms with E-state index in [2.05, 4.69) is 15.0 Å². The number of thiazole rings is 1. The summed E-state index contributed by atoms with van der Waals surface area (Å²) in [6.45, 7) is 0. The zero-order valence-electron chi connectivity index (χ0n) is 5.83. The Bertz CT molecular complexity index is 260. The highest BCUT2D eigenvalue weighted by molar-refractivity contribution is 7.19. The van der Waals surface area contributed by atoms with Crippen molar-refractivity contribution in [2.75, 3.05) is 18.2 Å². The number of nitrogen functional groups attached to an aromatic ring is 1. The molecule has 60 valence electrons. The lowest BCUT2D eigenvalue weighted by Crippen LogP contribution is -2.10.